The van der Waals surface area contributed by atoms with E-state index in [0.717, 1.165) is 23.0 Å². The molecule has 0 N–H and O–H groups in total. The van der Waals surface area contributed by atoms with E-state index >= 15 is 0 Å². The average Bonchev–Trinajstić information content (AvgIpc) is 3.29. The van der Waals surface area contributed by atoms with Crippen LogP contribution in [0.2, 0.25) is 0 Å². The number of carbonyl (C=O) groups is 2. The topological polar surface area (TPSA) is 37.4 Å². The van der Waals surface area contributed by atoms with Crippen molar-refractivity contribution in [3.63, 3.8) is 0 Å². The fourth-order valence-electron chi connectivity index (χ4n) is 3.25. The maximum absolute atomic E-state index is 12.9. The van der Waals surface area contributed by atoms with Crippen molar-refractivity contribution in [1.82, 2.24) is 4.90 Å². The van der Waals surface area contributed by atoms with E-state index < -0.39 is 0 Å². The summed E-state index contributed by atoms with van der Waals surface area (Å²) >= 11 is 5.54. The van der Waals surface area contributed by atoms with Crippen molar-refractivity contribution in [2.75, 3.05) is 17.3 Å². The maximum atomic E-state index is 12.9. The molecule has 1 saturated heterocycles. The quantitative estimate of drug-likeness (QED) is 0.671. The van der Waals surface area contributed by atoms with Gasteiger partial charge in [0, 0.05) is 23.0 Å². The predicted molar refractivity (Wildman–Crippen MR) is 112 cm³/mol. The fraction of sp³-hybridized carbons (Fsp3) is 0.300. The lowest BCUT2D eigenvalue weighted by atomic mass is 10.1. The number of hydrogen-bond donors (Lipinski definition) is 0. The number of thioether (sulfide) groups is 3. The van der Waals surface area contributed by atoms with E-state index in [1.54, 1.807) is 23.9 Å². The summed E-state index contributed by atoms with van der Waals surface area (Å²) in [5.74, 6) is 3.55. The molecular formula is C20H19NO2S3. The molecule has 1 fully saturated rings. The molecule has 2 aliphatic heterocycles. The largest absolute Gasteiger partial charge is 0.269 e. The SMILES string of the molecule is O=C1c2ccccc2C(=O)N1[C@H](CSCc1ccccc1)C1SCCS1. The number of nitrogens with zero attached hydrogens (tertiary/aromatic N) is 1. The van der Waals surface area contributed by atoms with Crippen LogP contribution in [0.4, 0.5) is 0 Å². The summed E-state index contributed by atoms with van der Waals surface area (Å²) in [6.45, 7) is 0. The molecule has 0 aliphatic carbocycles. The van der Waals surface area contributed by atoms with Gasteiger partial charge in [-0.2, -0.15) is 11.8 Å². The Morgan fingerprint density at radius 3 is 2.12 bits per heavy atom. The van der Waals surface area contributed by atoms with Crippen molar-refractivity contribution in [3.05, 3.63) is 71.3 Å². The van der Waals surface area contributed by atoms with E-state index in [0.29, 0.717) is 11.1 Å². The fourth-order valence-corrected chi connectivity index (χ4v) is 7.70. The third-order valence-corrected chi connectivity index (χ3v) is 8.87. The van der Waals surface area contributed by atoms with Crippen LogP contribution in [0.25, 0.3) is 0 Å². The molecule has 2 aromatic rings. The molecule has 2 aliphatic rings. The summed E-state index contributed by atoms with van der Waals surface area (Å²) in [7, 11) is 0. The monoisotopic (exact) mass is 401 g/mol. The van der Waals surface area contributed by atoms with Gasteiger partial charge in [-0.15, -0.1) is 23.5 Å². The number of hydrogen-bond acceptors (Lipinski definition) is 5. The number of amides is 2. The van der Waals surface area contributed by atoms with Gasteiger partial charge in [0.1, 0.15) is 0 Å². The molecule has 0 bridgehead atoms. The molecule has 26 heavy (non-hydrogen) atoms. The molecule has 134 valence electrons. The normalized spacial score (nSPS) is 18.4. The second-order valence-electron chi connectivity index (χ2n) is 6.20. The zero-order chi connectivity index (χ0) is 17.9. The Morgan fingerprint density at radius 2 is 1.50 bits per heavy atom. The molecular weight excluding hydrogens is 382 g/mol. The van der Waals surface area contributed by atoms with Crippen molar-refractivity contribution in [2.45, 2.75) is 16.4 Å². The number of benzene rings is 2. The van der Waals surface area contributed by atoms with Gasteiger partial charge in [-0.3, -0.25) is 14.5 Å². The van der Waals surface area contributed by atoms with E-state index in [1.807, 2.05) is 53.9 Å². The lowest BCUT2D eigenvalue weighted by molar-refractivity contribution is 0.0610. The van der Waals surface area contributed by atoms with Gasteiger partial charge in [0.05, 0.1) is 21.8 Å². The van der Waals surface area contributed by atoms with Crippen molar-refractivity contribution in [2.24, 2.45) is 0 Å². The maximum Gasteiger partial charge on any atom is 0.261 e. The summed E-state index contributed by atoms with van der Waals surface area (Å²) in [4.78, 5) is 27.4. The van der Waals surface area contributed by atoms with E-state index in [2.05, 4.69) is 12.1 Å². The summed E-state index contributed by atoms with van der Waals surface area (Å²) in [5, 5.41) is 0. The standard InChI is InChI=1S/C20H19NO2S3/c22-18-15-8-4-5-9-16(15)19(23)21(18)17(20-25-10-11-26-20)13-24-12-14-6-2-1-3-7-14/h1-9,17,20H,10-13H2/t17-/m1/s1. The second-order valence-corrected chi connectivity index (χ2v) is 10.0. The van der Waals surface area contributed by atoms with Gasteiger partial charge in [-0.1, -0.05) is 42.5 Å². The molecule has 2 heterocycles. The van der Waals surface area contributed by atoms with Gasteiger partial charge in [-0.25, -0.2) is 0 Å². The zero-order valence-corrected chi connectivity index (χ0v) is 16.6. The van der Waals surface area contributed by atoms with Gasteiger partial charge >= 0.3 is 0 Å². The first kappa shape index (κ1) is 18.0. The number of rotatable bonds is 6. The van der Waals surface area contributed by atoms with Crippen LogP contribution >= 0.6 is 35.3 Å². The summed E-state index contributed by atoms with van der Waals surface area (Å²) < 4.78 is 0.264. The first-order valence-electron chi connectivity index (χ1n) is 8.57. The molecule has 4 rings (SSSR count). The first-order valence-corrected chi connectivity index (χ1v) is 11.8. The van der Waals surface area contributed by atoms with Crippen molar-refractivity contribution < 1.29 is 9.59 Å². The molecule has 6 heteroatoms. The van der Waals surface area contributed by atoms with Gasteiger partial charge in [-0.05, 0) is 17.7 Å². The Labute approximate surface area is 166 Å². The van der Waals surface area contributed by atoms with E-state index in [4.69, 9.17) is 0 Å². The van der Waals surface area contributed by atoms with Crippen LogP contribution in [0, 0.1) is 0 Å². The highest BCUT2D eigenvalue weighted by Crippen LogP contribution is 2.40. The predicted octanol–water partition coefficient (Wildman–Crippen LogP) is 4.39. The second kappa shape index (κ2) is 8.11. The van der Waals surface area contributed by atoms with E-state index in [-0.39, 0.29) is 22.4 Å². The van der Waals surface area contributed by atoms with Gasteiger partial charge in [0.25, 0.3) is 11.8 Å². The first-order chi connectivity index (χ1) is 12.8. The molecule has 2 aromatic carbocycles. The van der Waals surface area contributed by atoms with Crippen LogP contribution in [0.5, 0.6) is 0 Å². The van der Waals surface area contributed by atoms with E-state index in [1.165, 1.54) is 10.5 Å². The third-order valence-electron chi connectivity index (χ3n) is 4.52. The Balaban J connectivity index is 1.52. The van der Waals surface area contributed by atoms with Crippen molar-refractivity contribution in [3.8, 4) is 0 Å². The van der Waals surface area contributed by atoms with Gasteiger partial charge < -0.3 is 0 Å². The highest BCUT2D eigenvalue weighted by atomic mass is 32.2. The smallest absolute Gasteiger partial charge is 0.261 e. The average molecular weight is 402 g/mol. The summed E-state index contributed by atoms with van der Waals surface area (Å²) in [6, 6.07) is 17.4. The molecule has 3 nitrogen and oxygen atoms in total. The van der Waals surface area contributed by atoms with Gasteiger partial charge in [0.2, 0.25) is 0 Å². The van der Waals surface area contributed by atoms with Crippen LogP contribution in [0.3, 0.4) is 0 Å². The summed E-state index contributed by atoms with van der Waals surface area (Å²) in [6.07, 6.45) is 0. The Kier molecular flexibility index (Phi) is 5.62. The zero-order valence-electron chi connectivity index (χ0n) is 14.2. The Hall–Kier alpha value is -1.37. The number of imide groups is 1. The minimum absolute atomic E-state index is 0.0754. The minimum Gasteiger partial charge on any atom is -0.269 e. The van der Waals surface area contributed by atoms with Crippen LogP contribution in [-0.2, 0) is 5.75 Å². The van der Waals surface area contributed by atoms with Crippen molar-refractivity contribution >= 4 is 47.1 Å². The lowest BCUT2D eigenvalue weighted by Crippen LogP contribution is -2.46. The van der Waals surface area contributed by atoms with Crippen LogP contribution < -0.4 is 0 Å². The Morgan fingerprint density at radius 1 is 0.923 bits per heavy atom. The van der Waals surface area contributed by atoms with Crippen LogP contribution in [-0.4, -0.2) is 44.6 Å². The lowest BCUT2D eigenvalue weighted by Gasteiger charge is -2.30. The van der Waals surface area contributed by atoms with Crippen LogP contribution in [0.15, 0.2) is 54.6 Å². The van der Waals surface area contributed by atoms with E-state index in [9.17, 15) is 9.59 Å². The third kappa shape index (κ3) is 3.55. The molecule has 0 radical (unpaired) electrons. The summed E-state index contributed by atoms with van der Waals surface area (Å²) in [5.41, 5.74) is 2.36. The molecule has 2 amide bonds. The number of carbonyl (C=O) groups excluding carboxylic acids is 2. The molecule has 0 aromatic heterocycles. The highest BCUT2D eigenvalue weighted by Gasteiger charge is 2.43. The molecule has 0 saturated carbocycles. The molecule has 1 atom stereocenters. The van der Waals surface area contributed by atoms with Crippen molar-refractivity contribution in [1.29, 1.82) is 0 Å². The molecule has 0 unspecified atom stereocenters. The minimum atomic E-state index is -0.135. The van der Waals surface area contributed by atoms with Gasteiger partial charge in [0.15, 0.2) is 0 Å². The van der Waals surface area contributed by atoms with Crippen LogP contribution in [0.1, 0.15) is 26.3 Å². The highest BCUT2D eigenvalue weighted by molar-refractivity contribution is 8.20. The molecule has 0 spiro atoms. The Bertz CT molecular complexity index is 771. The number of fused-ring (bicyclic) bond motifs is 1.